The summed E-state index contributed by atoms with van der Waals surface area (Å²) in [6, 6.07) is 1.14. The highest BCUT2D eigenvalue weighted by molar-refractivity contribution is 7.59. The first-order valence-electron chi connectivity index (χ1n) is 6.48. The van der Waals surface area contributed by atoms with Gasteiger partial charge in [-0.3, -0.25) is 4.57 Å². The monoisotopic (exact) mass is 277 g/mol. The van der Waals surface area contributed by atoms with Gasteiger partial charge >= 0.3 is 0 Å². The number of hydrogen-bond donors (Lipinski definition) is 0. The molecule has 0 saturated carbocycles. The van der Waals surface area contributed by atoms with Crippen molar-refractivity contribution >= 4 is 7.37 Å². The molecule has 0 aliphatic rings. The largest absolute Gasteiger partial charge is 0.344 e. The molecule has 0 N–H and O–H groups in total. The minimum absolute atomic E-state index is 0.176. The van der Waals surface area contributed by atoms with Gasteiger partial charge in [0.25, 0.3) is 7.37 Å². The molecule has 0 spiro atoms. The van der Waals surface area contributed by atoms with E-state index in [1.165, 1.54) is 0 Å². The minimum Gasteiger partial charge on any atom is -0.344 e. The van der Waals surface area contributed by atoms with Gasteiger partial charge in [-0.15, -0.1) is 0 Å². The third-order valence-electron chi connectivity index (χ3n) is 2.13. The molecule has 18 heavy (non-hydrogen) atoms. The average molecular weight is 277 g/mol. The molecule has 1 unspecified atom stereocenters. The van der Waals surface area contributed by atoms with E-state index in [-0.39, 0.29) is 12.6 Å². The van der Waals surface area contributed by atoms with E-state index in [0.717, 1.165) is 12.8 Å². The second-order valence-electron chi connectivity index (χ2n) is 3.82. The van der Waals surface area contributed by atoms with Crippen LogP contribution in [0.3, 0.4) is 0 Å². The molecule has 5 nitrogen and oxygen atoms in total. The molecule has 0 fully saturated rings. The van der Waals surface area contributed by atoms with Crippen molar-refractivity contribution in [2.45, 2.75) is 46.1 Å². The Morgan fingerprint density at radius 3 is 2.11 bits per heavy atom. The lowest BCUT2D eigenvalue weighted by molar-refractivity contribution is -0.0961. The summed E-state index contributed by atoms with van der Waals surface area (Å²) < 4.78 is 29.0. The predicted octanol–water partition coefficient (Wildman–Crippen LogP) is 3.35. The zero-order chi connectivity index (χ0) is 13.9. The second-order valence-corrected chi connectivity index (χ2v) is 6.40. The quantitative estimate of drug-likeness (QED) is 0.428. The summed E-state index contributed by atoms with van der Waals surface area (Å²) in [6.45, 7) is 6.98. The van der Waals surface area contributed by atoms with Crippen molar-refractivity contribution < 1.29 is 18.6 Å². The molecule has 0 aromatic heterocycles. The standard InChI is InChI=1S/C12H24NO4P/c1-4-9-15-12(16-10-5-2)18(14,17-6-3)11-7-8-13/h12H,4-7,9-11H2,1-3H3. The van der Waals surface area contributed by atoms with Crippen LogP contribution < -0.4 is 0 Å². The summed E-state index contributed by atoms with van der Waals surface area (Å²) in [5.41, 5.74) is 0. The van der Waals surface area contributed by atoms with Crippen molar-refractivity contribution in [3.8, 4) is 6.07 Å². The first-order chi connectivity index (χ1) is 8.64. The summed E-state index contributed by atoms with van der Waals surface area (Å²) >= 11 is 0. The second kappa shape index (κ2) is 10.5. The van der Waals surface area contributed by atoms with E-state index in [0.29, 0.717) is 19.8 Å². The fourth-order valence-corrected chi connectivity index (χ4v) is 3.34. The molecule has 0 amide bonds. The van der Waals surface area contributed by atoms with Gasteiger partial charge in [-0.25, -0.2) is 0 Å². The first-order valence-corrected chi connectivity index (χ1v) is 8.35. The highest BCUT2D eigenvalue weighted by Crippen LogP contribution is 2.53. The Kier molecular flexibility index (Phi) is 10.3. The lowest BCUT2D eigenvalue weighted by Crippen LogP contribution is -2.22. The predicted molar refractivity (Wildman–Crippen MR) is 70.6 cm³/mol. The third-order valence-corrected chi connectivity index (χ3v) is 4.62. The molecular formula is C12H24NO4P. The number of nitrogens with zero attached hydrogens (tertiary/aromatic N) is 1. The lowest BCUT2D eigenvalue weighted by atomic mass is 10.5. The van der Waals surface area contributed by atoms with Crippen LogP contribution in [0.25, 0.3) is 0 Å². The van der Waals surface area contributed by atoms with E-state index in [1.54, 1.807) is 6.92 Å². The Balaban J connectivity index is 4.70. The molecular weight excluding hydrogens is 253 g/mol. The van der Waals surface area contributed by atoms with Crippen molar-refractivity contribution in [1.29, 1.82) is 5.26 Å². The first kappa shape index (κ1) is 17.6. The van der Waals surface area contributed by atoms with E-state index < -0.39 is 13.4 Å². The Labute approximate surface area is 110 Å². The summed E-state index contributed by atoms with van der Waals surface area (Å²) in [5, 5.41) is 8.62. The zero-order valence-corrected chi connectivity index (χ0v) is 12.4. The Morgan fingerprint density at radius 2 is 1.72 bits per heavy atom. The van der Waals surface area contributed by atoms with Gasteiger partial charge in [0, 0.05) is 12.6 Å². The molecule has 1 atom stereocenters. The molecule has 0 radical (unpaired) electrons. The van der Waals surface area contributed by atoms with Crippen molar-refractivity contribution in [2.75, 3.05) is 26.0 Å². The maximum Gasteiger partial charge on any atom is 0.258 e. The molecule has 0 aromatic rings. The minimum atomic E-state index is -3.07. The topological polar surface area (TPSA) is 68.5 Å². The van der Waals surface area contributed by atoms with E-state index in [2.05, 4.69) is 0 Å². The Morgan fingerprint density at radius 1 is 1.17 bits per heavy atom. The third kappa shape index (κ3) is 6.51. The number of nitriles is 1. The van der Waals surface area contributed by atoms with E-state index in [9.17, 15) is 4.57 Å². The van der Waals surface area contributed by atoms with Gasteiger partial charge < -0.3 is 14.0 Å². The molecule has 0 aromatic carbocycles. The number of hydrogen-bond acceptors (Lipinski definition) is 5. The molecule has 0 aliphatic heterocycles. The van der Waals surface area contributed by atoms with Crippen LogP contribution in [0.1, 0.15) is 40.0 Å². The van der Waals surface area contributed by atoms with Crippen LogP contribution in [0.5, 0.6) is 0 Å². The van der Waals surface area contributed by atoms with Gasteiger partial charge in [-0.2, -0.15) is 5.26 Å². The van der Waals surface area contributed by atoms with Gasteiger partial charge in [0.2, 0.25) is 6.03 Å². The maximum absolute atomic E-state index is 12.7. The van der Waals surface area contributed by atoms with E-state index in [4.69, 9.17) is 19.3 Å². The highest BCUT2D eigenvalue weighted by Gasteiger charge is 2.35. The van der Waals surface area contributed by atoms with Crippen LogP contribution in [0.2, 0.25) is 0 Å². The fourth-order valence-electron chi connectivity index (χ4n) is 1.37. The molecule has 0 rings (SSSR count). The highest BCUT2D eigenvalue weighted by atomic mass is 31.2. The average Bonchev–Trinajstić information content (AvgIpc) is 2.37. The molecule has 0 heterocycles. The molecule has 0 saturated heterocycles. The summed E-state index contributed by atoms with van der Waals surface area (Å²) in [4.78, 5) is 0. The zero-order valence-electron chi connectivity index (χ0n) is 11.6. The van der Waals surface area contributed by atoms with Gasteiger partial charge in [0.05, 0.1) is 25.9 Å². The number of ether oxygens (including phenoxy) is 2. The van der Waals surface area contributed by atoms with E-state index >= 15 is 0 Å². The van der Waals surface area contributed by atoms with Crippen LogP contribution in [0.15, 0.2) is 0 Å². The summed E-state index contributed by atoms with van der Waals surface area (Å²) in [6.07, 6.45) is 1.99. The lowest BCUT2D eigenvalue weighted by Gasteiger charge is -2.26. The van der Waals surface area contributed by atoms with Crippen molar-refractivity contribution in [3.05, 3.63) is 0 Å². The SMILES string of the molecule is CCCOC(OCCC)P(=O)(CCC#N)OCC. The molecule has 0 aliphatic carbocycles. The van der Waals surface area contributed by atoms with Crippen LogP contribution in [-0.4, -0.2) is 32.0 Å². The molecule has 106 valence electrons. The van der Waals surface area contributed by atoms with Gasteiger partial charge in [-0.05, 0) is 19.8 Å². The summed E-state index contributed by atoms with van der Waals surface area (Å²) in [7, 11) is -3.07. The van der Waals surface area contributed by atoms with Crippen LogP contribution in [0.4, 0.5) is 0 Å². The van der Waals surface area contributed by atoms with Crippen molar-refractivity contribution in [2.24, 2.45) is 0 Å². The van der Waals surface area contributed by atoms with Gasteiger partial charge in [-0.1, -0.05) is 13.8 Å². The Bertz CT molecular complexity index is 282. The van der Waals surface area contributed by atoms with Gasteiger partial charge in [0.1, 0.15) is 0 Å². The van der Waals surface area contributed by atoms with Crippen molar-refractivity contribution in [3.63, 3.8) is 0 Å². The summed E-state index contributed by atoms with van der Waals surface area (Å²) in [5.74, 6) is 0. The smallest absolute Gasteiger partial charge is 0.258 e. The van der Waals surface area contributed by atoms with E-state index in [1.807, 2.05) is 19.9 Å². The fraction of sp³-hybridized carbons (Fsp3) is 0.917. The number of rotatable bonds is 11. The maximum atomic E-state index is 12.7. The van der Waals surface area contributed by atoms with Crippen molar-refractivity contribution in [1.82, 2.24) is 0 Å². The molecule has 6 heteroatoms. The van der Waals surface area contributed by atoms with Crippen LogP contribution in [0, 0.1) is 11.3 Å². The van der Waals surface area contributed by atoms with Crippen LogP contribution >= 0.6 is 7.37 Å². The van der Waals surface area contributed by atoms with Crippen LogP contribution in [-0.2, 0) is 18.6 Å². The Hall–Kier alpha value is -0.400. The molecule has 0 bridgehead atoms. The normalized spacial score (nSPS) is 14.4. The van der Waals surface area contributed by atoms with Gasteiger partial charge in [0.15, 0.2) is 0 Å².